The monoisotopic (exact) mass is 98.1 g/mol. The van der Waals surface area contributed by atoms with Crippen molar-refractivity contribution in [1.29, 1.82) is 0 Å². The molecule has 0 fully saturated rings. The fraction of sp³-hybridized carbons (Fsp3) is 0.667. The van der Waals surface area contributed by atoms with Gasteiger partial charge in [-0.05, 0) is 13.8 Å². The molecule has 1 nitrogen and oxygen atoms in total. The summed E-state index contributed by atoms with van der Waals surface area (Å²) in [6.07, 6.45) is 2.00. The Hall–Kier alpha value is -0.330. The zero-order valence-electron chi connectivity index (χ0n) is 5.23. The zero-order chi connectivity index (χ0) is 5.70. The van der Waals surface area contributed by atoms with Crippen molar-refractivity contribution < 1.29 is 0 Å². The summed E-state index contributed by atoms with van der Waals surface area (Å²) in [7, 11) is 0. The topological polar surface area (TPSA) is 12.4 Å². The van der Waals surface area contributed by atoms with Crippen LogP contribution in [0.15, 0.2) is 4.99 Å². The maximum atomic E-state index is 4.10. The molecule has 0 aliphatic rings. The van der Waals surface area contributed by atoms with Crippen LogP contribution in [-0.4, -0.2) is 12.3 Å². The highest BCUT2D eigenvalue weighted by Crippen LogP contribution is 1.80. The fourth-order valence-electron chi connectivity index (χ4n) is 0.341. The third-order valence-corrected chi connectivity index (χ3v) is 0.825. The number of hydrogen-bond donors (Lipinski definition) is 0. The lowest BCUT2D eigenvalue weighted by atomic mass is 10.3. The molecule has 0 aromatic rings. The van der Waals surface area contributed by atoms with Crippen LogP contribution in [-0.2, 0) is 0 Å². The molecule has 0 aromatic carbocycles. The summed E-state index contributed by atoms with van der Waals surface area (Å²) in [4.78, 5) is 4.10. The normalized spacial score (nSPS) is 12.1. The number of nitrogens with zero attached hydrogens (tertiary/aromatic N) is 1. The van der Waals surface area contributed by atoms with Gasteiger partial charge in [0, 0.05) is 18.7 Å². The molecular formula is C6H12N. The Morgan fingerprint density at radius 1 is 1.71 bits per heavy atom. The van der Waals surface area contributed by atoms with Gasteiger partial charge in [-0.1, -0.05) is 6.92 Å². The molecule has 0 amide bonds. The highest BCUT2D eigenvalue weighted by Gasteiger charge is 1.78. The van der Waals surface area contributed by atoms with E-state index < -0.39 is 0 Å². The van der Waals surface area contributed by atoms with Crippen molar-refractivity contribution in [2.45, 2.75) is 20.8 Å². The first-order valence-corrected chi connectivity index (χ1v) is 2.61. The number of hydrogen-bond acceptors (Lipinski definition) is 1. The Bertz CT molecular complexity index is 64.6. The highest BCUT2D eigenvalue weighted by molar-refractivity contribution is 5.89. The first-order valence-electron chi connectivity index (χ1n) is 2.61. The molecule has 0 heterocycles. The lowest BCUT2D eigenvalue weighted by Crippen LogP contribution is -1.87. The van der Waals surface area contributed by atoms with E-state index in [0.717, 1.165) is 12.3 Å². The summed E-state index contributed by atoms with van der Waals surface area (Å²) < 4.78 is 0. The van der Waals surface area contributed by atoms with Crippen molar-refractivity contribution in [2.75, 3.05) is 6.54 Å². The van der Waals surface area contributed by atoms with Crippen molar-refractivity contribution in [3.05, 3.63) is 6.42 Å². The molecule has 0 saturated heterocycles. The zero-order valence-corrected chi connectivity index (χ0v) is 5.23. The third kappa shape index (κ3) is 3.50. The minimum atomic E-state index is 0.899. The van der Waals surface area contributed by atoms with Crippen molar-refractivity contribution in [1.82, 2.24) is 0 Å². The average Bonchev–Trinajstić information content (AvgIpc) is 1.68. The summed E-state index contributed by atoms with van der Waals surface area (Å²) in [6, 6.07) is 0. The molecule has 0 saturated carbocycles. The van der Waals surface area contributed by atoms with Crippen molar-refractivity contribution in [3.63, 3.8) is 0 Å². The molecule has 0 rings (SSSR count). The lowest BCUT2D eigenvalue weighted by molar-refractivity contribution is 1.12. The van der Waals surface area contributed by atoms with E-state index in [0.29, 0.717) is 0 Å². The maximum absolute atomic E-state index is 4.10. The third-order valence-electron chi connectivity index (χ3n) is 0.825. The summed E-state index contributed by atoms with van der Waals surface area (Å²) in [5.74, 6) is 0. The van der Waals surface area contributed by atoms with Gasteiger partial charge >= 0.3 is 0 Å². The SMILES string of the molecule is C[CH]/C(C)=N/CC. The van der Waals surface area contributed by atoms with E-state index in [1.165, 1.54) is 0 Å². The molecule has 0 unspecified atom stereocenters. The van der Waals surface area contributed by atoms with Gasteiger partial charge in [0.1, 0.15) is 0 Å². The van der Waals surface area contributed by atoms with Crippen LogP contribution < -0.4 is 0 Å². The van der Waals surface area contributed by atoms with Crippen LogP contribution >= 0.6 is 0 Å². The molecular weight excluding hydrogens is 86.1 g/mol. The molecule has 0 bridgehead atoms. The molecule has 0 aromatic heterocycles. The largest absolute Gasteiger partial charge is 0.294 e. The minimum Gasteiger partial charge on any atom is -0.294 e. The second kappa shape index (κ2) is 3.85. The summed E-state index contributed by atoms with van der Waals surface area (Å²) in [6.45, 7) is 6.93. The second-order valence-electron chi connectivity index (χ2n) is 1.40. The Morgan fingerprint density at radius 2 is 2.29 bits per heavy atom. The van der Waals surface area contributed by atoms with E-state index in [1.807, 2.05) is 27.2 Å². The van der Waals surface area contributed by atoms with Crippen molar-refractivity contribution in [2.24, 2.45) is 4.99 Å². The van der Waals surface area contributed by atoms with Crippen LogP contribution in [0, 0.1) is 6.42 Å². The van der Waals surface area contributed by atoms with Gasteiger partial charge in [0.15, 0.2) is 0 Å². The van der Waals surface area contributed by atoms with Crippen molar-refractivity contribution in [3.8, 4) is 0 Å². The molecule has 0 spiro atoms. The molecule has 0 atom stereocenters. The van der Waals surface area contributed by atoms with Gasteiger partial charge in [-0.2, -0.15) is 0 Å². The van der Waals surface area contributed by atoms with E-state index in [1.54, 1.807) is 0 Å². The number of rotatable bonds is 2. The Kier molecular flexibility index (Phi) is 3.67. The predicted molar refractivity (Wildman–Crippen MR) is 33.6 cm³/mol. The van der Waals surface area contributed by atoms with Gasteiger partial charge in [0.05, 0.1) is 0 Å². The smallest absolute Gasteiger partial charge is 0.0360 e. The Balaban J connectivity index is 3.29. The van der Waals surface area contributed by atoms with E-state index in [2.05, 4.69) is 4.99 Å². The van der Waals surface area contributed by atoms with Crippen LogP contribution in [0.3, 0.4) is 0 Å². The second-order valence-corrected chi connectivity index (χ2v) is 1.40. The first kappa shape index (κ1) is 6.67. The summed E-state index contributed by atoms with van der Waals surface area (Å²) >= 11 is 0. The summed E-state index contributed by atoms with van der Waals surface area (Å²) in [5.41, 5.74) is 1.13. The van der Waals surface area contributed by atoms with Gasteiger partial charge < -0.3 is 0 Å². The van der Waals surface area contributed by atoms with Crippen LogP contribution in [0.5, 0.6) is 0 Å². The maximum Gasteiger partial charge on any atom is 0.0360 e. The lowest BCUT2D eigenvalue weighted by Gasteiger charge is -1.87. The Labute approximate surface area is 45.5 Å². The van der Waals surface area contributed by atoms with Crippen LogP contribution in [0.2, 0.25) is 0 Å². The van der Waals surface area contributed by atoms with Crippen LogP contribution in [0.25, 0.3) is 0 Å². The minimum absolute atomic E-state index is 0.899. The summed E-state index contributed by atoms with van der Waals surface area (Å²) in [5, 5.41) is 0. The molecule has 0 aliphatic heterocycles. The Morgan fingerprint density at radius 3 is 2.43 bits per heavy atom. The van der Waals surface area contributed by atoms with E-state index in [4.69, 9.17) is 0 Å². The first-order chi connectivity index (χ1) is 3.31. The molecule has 0 aliphatic carbocycles. The molecule has 1 heteroatoms. The standard InChI is InChI=1S/C6H12N/c1-4-6(3)7-5-2/h4H,5H2,1-3H3/b7-6+. The quantitative estimate of drug-likeness (QED) is 0.466. The van der Waals surface area contributed by atoms with Crippen LogP contribution in [0.1, 0.15) is 20.8 Å². The van der Waals surface area contributed by atoms with E-state index in [-0.39, 0.29) is 0 Å². The van der Waals surface area contributed by atoms with E-state index in [9.17, 15) is 0 Å². The highest BCUT2D eigenvalue weighted by atomic mass is 14.7. The van der Waals surface area contributed by atoms with Crippen LogP contribution in [0.4, 0.5) is 0 Å². The van der Waals surface area contributed by atoms with Gasteiger partial charge in [0.25, 0.3) is 0 Å². The molecule has 41 valence electrons. The van der Waals surface area contributed by atoms with Gasteiger partial charge in [-0.3, -0.25) is 4.99 Å². The van der Waals surface area contributed by atoms with E-state index >= 15 is 0 Å². The fourth-order valence-corrected chi connectivity index (χ4v) is 0.341. The van der Waals surface area contributed by atoms with Gasteiger partial charge in [-0.15, -0.1) is 0 Å². The molecule has 0 N–H and O–H groups in total. The molecule has 1 radical (unpaired) electrons. The average molecular weight is 98.2 g/mol. The van der Waals surface area contributed by atoms with Crippen molar-refractivity contribution >= 4 is 5.71 Å². The number of aliphatic imine (C=N–C) groups is 1. The van der Waals surface area contributed by atoms with Gasteiger partial charge in [0.2, 0.25) is 0 Å². The predicted octanol–water partition coefficient (Wildman–Crippen LogP) is 1.69. The van der Waals surface area contributed by atoms with Gasteiger partial charge in [-0.25, -0.2) is 0 Å². The molecule has 7 heavy (non-hydrogen) atoms.